The van der Waals surface area contributed by atoms with Crippen LogP contribution in [0.2, 0.25) is 0 Å². The summed E-state index contributed by atoms with van der Waals surface area (Å²) in [5, 5.41) is 0. The molecule has 5 nitrogen and oxygen atoms in total. The van der Waals surface area contributed by atoms with E-state index in [2.05, 4.69) is 14.2 Å². The summed E-state index contributed by atoms with van der Waals surface area (Å²) < 4.78 is 203. The second kappa shape index (κ2) is 7.15. The predicted octanol–water partition coefficient (Wildman–Crippen LogP) is 4.51. The Balaban J connectivity index is 3.32. The highest BCUT2D eigenvalue weighted by atomic mass is 19.4. The summed E-state index contributed by atoms with van der Waals surface area (Å²) in [6.07, 6.45) is -28.7. The van der Waals surface area contributed by atoms with E-state index in [4.69, 9.17) is 0 Å². The standard InChI is InChI=1S/C11H5F15O5/c1-4(12)2-28-11(26,30-4)10(24,25)29-3(27)5(13,7(16,17)18)31-9(22,23)6(14,15)8(19,20)21/h2H2,1H3. The number of halogens is 15. The molecule has 31 heavy (non-hydrogen) atoms. The van der Waals surface area contributed by atoms with E-state index in [9.17, 15) is 70.7 Å². The first-order valence-electron chi connectivity index (χ1n) is 6.86. The fourth-order valence-electron chi connectivity index (χ4n) is 1.56. The molecule has 3 atom stereocenters. The van der Waals surface area contributed by atoms with Crippen LogP contribution in [0.15, 0.2) is 0 Å². The van der Waals surface area contributed by atoms with Gasteiger partial charge in [-0.25, -0.2) is 9.18 Å². The molecule has 1 aliphatic rings. The number of carbonyl (C=O) groups excluding carboxylic acids is 1. The van der Waals surface area contributed by atoms with Crippen molar-refractivity contribution < 1.29 is 89.6 Å². The van der Waals surface area contributed by atoms with Crippen molar-refractivity contribution in [1.82, 2.24) is 0 Å². The van der Waals surface area contributed by atoms with Gasteiger partial charge in [-0.15, -0.1) is 0 Å². The molecular formula is C11H5F15O5. The average Bonchev–Trinajstić information content (AvgIpc) is 2.79. The Labute approximate surface area is 158 Å². The number of ether oxygens (including phenoxy) is 4. The van der Waals surface area contributed by atoms with Crippen LogP contribution in [0.5, 0.6) is 0 Å². The van der Waals surface area contributed by atoms with E-state index in [1.165, 1.54) is 0 Å². The van der Waals surface area contributed by atoms with Gasteiger partial charge < -0.3 is 9.47 Å². The number of rotatable bonds is 6. The zero-order valence-corrected chi connectivity index (χ0v) is 13.9. The number of esters is 1. The van der Waals surface area contributed by atoms with Gasteiger partial charge in [0.25, 0.3) is 0 Å². The van der Waals surface area contributed by atoms with E-state index >= 15 is 0 Å². The van der Waals surface area contributed by atoms with E-state index in [0.29, 0.717) is 0 Å². The van der Waals surface area contributed by atoms with Crippen molar-refractivity contribution in [2.75, 3.05) is 6.61 Å². The minimum absolute atomic E-state index is 0.185. The van der Waals surface area contributed by atoms with Crippen LogP contribution in [0.4, 0.5) is 65.9 Å². The Bertz CT molecular complexity index is 700. The number of alkyl halides is 15. The molecule has 0 aliphatic carbocycles. The fourth-order valence-corrected chi connectivity index (χ4v) is 1.56. The van der Waals surface area contributed by atoms with Gasteiger partial charge in [0.1, 0.15) is 6.61 Å². The minimum atomic E-state index is -7.61. The second-order valence-electron chi connectivity index (χ2n) is 5.72. The number of carbonyl (C=O) groups is 1. The summed E-state index contributed by atoms with van der Waals surface area (Å²) in [7, 11) is 0. The lowest BCUT2D eigenvalue weighted by molar-refractivity contribution is -0.483. The minimum Gasteiger partial charge on any atom is -0.390 e. The summed E-state index contributed by atoms with van der Waals surface area (Å²) in [6.45, 7) is -1.56. The smallest absolute Gasteiger partial charge is 0.390 e. The van der Waals surface area contributed by atoms with Crippen molar-refractivity contribution in [2.24, 2.45) is 0 Å². The molecule has 1 fully saturated rings. The molecule has 0 radical (unpaired) electrons. The first kappa shape index (κ1) is 27.3. The third-order valence-corrected chi connectivity index (χ3v) is 3.05. The summed E-state index contributed by atoms with van der Waals surface area (Å²) in [5.41, 5.74) is 0. The fraction of sp³-hybridized carbons (Fsp3) is 0.909. The van der Waals surface area contributed by atoms with Crippen molar-refractivity contribution in [3.8, 4) is 0 Å². The molecule has 0 bridgehead atoms. The lowest BCUT2D eigenvalue weighted by Gasteiger charge is -2.35. The molecule has 20 heteroatoms. The summed E-state index contributed by atoms with van der Waals surface area (Å²) >= 11 is 0. The quantitative estimate of drug-likeness (QED) is 0.396. The van der Waals surface area contributed by atoms with Gasteiger partial charge in [0, 0.05) is 0 Å². The molecule has 0 saturated carbocycles. The third-order valence-electron chi connectivity index (χ3n) is 3.05. The maximum atomic E-state index is 13.8. The average molecular weight is 502 g/mol. The van der Waals surface area contributed by atoms with Crippen LogP contribution in [0.1, 0.15) is 6.92 Å². The molecular weight excluding hydrogens is 497 g/mol. The van der Waals surface area contributed by atoms with Gasteiger partial charge in [0.05, 0.1) is 0 Å². The molecule has 1 heterocycles. The van der Waals surface area contributed by atoms with E-state index in [1.807, 2.05) is 0 Å². The Morgan fingerprint density at radius 3 is 1.61 bits per heavy atom. The van der Waals surface area contributed by atoms with Crippen molar-refractivity contribution in [3.05, 3.63) is 0 Å². The van der Waals surface area contributed by atoms with Gasteiger partial charge in [0.15, 0.2) is 0 Å². The maximum absolute atomic E-state index is 13.8. The topological polar surface area (TPSA) is 54.0 Å². The van der Waals surface area contributed by atoms with E-state index in [1.54, 1.807) is 4.74 Å². The molecule has 3 unspecified atom stereocenters. The van der Waals surface area contributed by atoms with Crippen LogP contribution < -0.4 is 0 Å². The van der Waals surface area contributed by atoms with Crippen molar-refractivity contribution in [3.63, 3.8) is 0 Å². The Kier molecular flexibility index (Phi) is 6.31. The third kappa shape index (κ3) is 4.73. The van der Waals surface area contributed by atoms with Gasteiger partial charge in [-0.1, -0.05) is 0 Å². The van der Waals surface area contributed by atoms with Gasteiger partial charge in [-0.3, -0.25) is 9.47 Å². The normalized spacial score (nSPS) is 28.4. The molecule has 1 saturated heterocycles. The van der Waals surface area contributed by atoms with E-state index in [-0.39, 0.29) is 6.92 Å². The molecule has 0 N–H and O–H groups in total. The van der Waals surface area contributed by atoms with Gasteiger partial charge in [0.2, 0.25) is 5.85 Å². The van der Waals surface area contributed by atoms with Gasteiger partial charge in [-0.2, -0.15) is 61.5 Å². The molecule has 184 valence electrons. The van der Waals surface area contributed by atoms with Crippen molar-refractivity contribution >= 4 is 5.97 Å². The highest BCUT2D eigenvalue weighted by Gasteiger charge is 2.81. The molecule has 0 aromatic carbocycles. The second-order valence-corrected chi connectivity index (χ2v) is 5.72. The predicted molar refractivity (Wildman–Crippen MR) is 58.4 cm³/mol. The summed E-state index contributed by atoms with van der Waals surface area (Å²) in [4.78, 5) is 11.1. The van der Waals surface area contributed by atoms with Crippen LogP contribution in [0.25, 0.3) is 0 Å². The monoisotopic (exact) mass is 502 g/mol. The first-order valence-corrected chi connectivity index (χ1v) is 6.86. The maximum Gasteiger partial charge on any atom is 0.491 e. The Hall–Kier alpha value is -1.70. The molecule has 0 amide bonds. The molecule has 1 aliphatic heterocycles. The van der Waals surface area contributed by atoms with Crippen LogP contribution in [-0.4, -0.2) is 60.8 Å². The molecule has 0 aromatic heterocycles. The molecule has 0 aromatic rings. The van der Waals surface area contributed by atoms with Gasteiger partial charge >= 0.3 is 48.4 Å². The number of hydrogen-bond donors (Lipinski definition) is 0. The Morgan fingerprint density at radius 1 is 0.839 bits per heavy atom. The molecule has 0 spiro atoms. The zero-order chi connectivity index (χ0) is 25.1. The van der Waals surface area contributed by atoms with E-state index in [0.717, 1.165) is 0 Å². The lowest BCUT2D eigenvalue weighted by atomic mass is 10.2. The zero-order valence-electron chi connectivity index (χ0n) is 13.9. The number of hydrogen-bond acceptors (Lipinski definition) is 5. The van der Waals surface area contributed by atoms with E-state index < -0.39 is 60.8 Å². The molecule has 1 rings (SSSR count). The largest absolute Gasteiger partial charge is 0.491 e. The van der Waals surface area contributed by atoms with Crippen LogP contribution in [0, 0.1) is 0 Å². The summed E-state index contributed by atoms with van der Waals surface area (Å²) in [6, 6.07) is -5.31. The van der Waals surface area contributed by atoms with Gasteiger partial charge in [-0.05, 0) is 6.92 Å². The first-order chi connectivity index (χ1) is 13.2. The van der Waals surface area contributed by atoms with Crippen LogP contribution in [0.3, 0.4) is 0 Å². The SMILES string of the molecule is CC1(F)COC(F)(C(F)(F)OC(=O)C(F)(OC(F)(F)C(F)(F)C(F)(F)F)C(F)(F)F)O1. The van der Waals surface area contributed by atoms with Crippen LogP contribution >= 0.6 is 0 Å². The highest BCUT2D eigenvalue weighted by molar-refractivity contribution is 5.79. The Morgan fingerprint density at radius 2 is 1.29 bits per heavy atom. The van der Waals surface area contributed by atoms with Crippen molar-refractivity contribution in [1.29, 1.82) is 0 Å². The van der Waals surface area contributed by atoms with Crippen molar-refractivity contribution in [2.45, 2.75) is 55.2 Å². The van der Waals surface area contributed by atoms with Crippen LogP contribution in [-0.2, 0) is 23.7 Å². The lowest BCUT2D eigenvalue weighted by Crippen LogP contribution is -2.63. The highest BCUT2D eigenvalue weighted by Crippen LogP contribution is 2.52. The summed E-state index contributed by atoms with van der Waals surface area (Å²) in [5.74, 6) is -22.7.